The van der Waals surface area contributed by atoms with Gasteiger partial charge in [-0.15, -0.1) is 0 Å². The zero-order valence-electron chi connectivity index (χ0n) is 16.2. The molecule has 2 aromatic carbocycles. The van der Waals surface area contributed by atoms with E-state index in [0.29, 0.717) is 30.8 Å². The number of hydrogen-bond donors (Lipinski definition) is 0. The molecule has 1 fully saturated rings. The Hall–Kier alpha value is -2.36. The number of amides is 1. The van der Waals surface area contributed by atoms with E-state index in [9.17, 15) is 9.59 Å². The van der Waals surface area contributed by atoms with Crippen LogP contribution in [0, 0.1) is 0 Å². The molecule has 1 aliphatic heterocycles. The van der Waals surface area contributed by atoms with E-state index in [1.54, 1.807) is 25.1 Å². The number of para-hydroxylation sites is 1. The molecule has 0 aromatic heterocycles. The molecule has 1 aliphatic rings. The van der Waals surface area contributed by atoms with Gasteiger partial charge in [-0.2, -0.15) is 0 Å². The van der Waals surface area contributed by atoms with Crippen LogP contribution in [0.15, 0.2) is 51.8 Å². The third-order valence-electron chi connectivity index (χ3n) is 4.03. The lowest BCUT2D eigenvalue weighted by Gasteiger charge is -2.14. The SMILES string of the molecule is CCOC(=O)COc1cc(Br)c(/C=C2/SC(=S)N(c3ccccc3)C2=O)cc1OC. The molecule has 0 spiro atoms. The molecule has 0 bridgehead atoms. The first-order valence-electron chi connectivity index (χ1n) is 8.93. The molecule has 9 heteroatoms. The van der Waals surface area contributed by atoms with Crippen LogP contribution in [-0.2, 0) is 14.3 Å². The first-order valence-corrected chi connectivity index (χ1v) is 10.9. The number of esters is 1. The maximum Gasteiger partial charge on any atom is 0.344 e. The third-order valence-corrected chi connectivity index (χ3v) is 6.02. The van der Waals surface area contributed by atoms with Crippen LogP contribution >= 0.6 is 39.9 Å². The molecule has 0 saturated carbocycles. The highest BCUT2D eigenvalue weighted by Crippen LogP contribution is 2.39. The van der Waals surface area contributed by atoms with Gasteiger partial charge in [-0.05, 0) is 42.8 Å². The summed E-state index contributed by atoms with van der Waals surface area (Å²) in [5.74, 6) is 0.146. The van der Waals surface area contributed by atoms with Crippen molar-refractivity contribution in [2.24, 2.45) is 0 Å². The van der Waals surface area contributed by atoms with Crippen LogP contribution < -0.4 is 14.4 Å². The van der Waals surface area contributed by atoms with Crippen LogP contribution in [0.2, 0.25) is 0 Å². The molecule has 30 heavy (non-hydrogen) atoms. The highest BCUT2D eigenvalue weighted by atomic mass is 79.9. The zero-order chi connectivity index (χ0) is 21.7. The summed E-state index contributed by atoms with van der Waals surface area (Å²) in [6.07, 6.45) is 1.74. The largest absolute Gasteiger partial charge is 0.493 e. The summed E-state index contributed by atoms with van der Waals surface area (Å²) in [6, 6.07) is 12.7. The second-order valence-corrected chi connectivity index (χ2v) is 8.50. The minimum absolute atomic E-state index is 0.190. The van der Waals surface area contributed by atoms with Crippen molar-refractivity contribution in [2.45, 2.75) is 6.92 Å². The number of methoxy groups -OCH3 is 1. The van der Waals surface area contributed by atoms with E-state index in [2.05, 4.69) is 15.9 Å². The number of halogens is 1. The molecule has 0 unspecified atom stereocenters. The number of carbonyl (C=O) groups is 2. The Morgan fingerprint density at radius 1 is 1.23 bits per heavy atom. The van der Waals surface area contributed by atoms with Crippen molar-refractivity contribution in [3.8, 4) is 11.5 Å². The van der Waals surface area contributed by atoms with Gasteiger partial charge in [0.1, 0.15) is 0 Å². The van der Waals surface area contributed by atoms with Crippen molar-refractivity contribution in [3.63, 3.8) is 0 Å². The molecule has 1 amide bonds. The smallest absolute Gasteiger partial charge is 0.344 e. The van der Waals surface area contributed by atoms with E-state index in [-0.39, 0.29) is 19.1 Å². The van der Waals surface area contributed by atoms with Crippen molar-refractivity contribution in [2.75, 3.05) is 25.2 Å². The molecule has 6 nitrogen and oxygen atoms in total. The molecule has 0 radical (unpaired) electrons. The van der Waals surface area contributed by atoms with Gasteiger partial charge >= 0.3 is 5.97 Å². The molecule has 0 N–H and O–H groups in total. The molecule has 0 aliphatic carbocycles. The predicted octanol–water partition coefficient (Wildman–Crippen LogP) is 4.81. The van der Waals surface area contributed by atoms with E-state index >= 15 is 0 Å². The average molecular weight is 508 g/mol. The van der Waals surface area contributed by atoms with Gasteiger partial charge in [-0.1, -0.05) is 58.1 Å². The second kappa shape index (κ2) is 10.1. The van der Waals surface area contributed by atoms with E-state index in [0.717, 1.165) is 5.69 Å². The number of benzene rings is 2. The van der Waals surface area contributed by atoms with E-state index < -0.39 is 5.97 Å². The minimum atomic E-state index is -0.468. The summed E-state index contributed by atoms with van der Waals surface area (Å²) < 4.78 is 16.9. The zero-order valence-corrected chi connectivity index (χ0v) is 19.4. The monoisotopic (exact) mass is 507 g/mol. The lowest BCUT2D eigenvalue weighted by molar-refractivity contribution is -0.145. The Bertz CT molecular complexity index is 1010. The summed E-state index contributed by atoms with van der Waals surface area (Å²) in [4.78, 5) is 26.5. The lowest BCUT2D eigenvalue weighted by atomic mass is 10.1. The molecule has 1 saturated heterocycles. The predicted molar refractivity (Wildman–Crippen MR) is 125 cm³/mol. The van der Waals surface area contributed by atoms with E-state index in [1.165, 1.54) is 23.8 Å². The highest BCUT2D eigenvalue weighted by molar-refractivity contribution is 9.10. The van der Waals surface area contributed by atoms with Crippen LogP contribution in [0.1, 0.15) is 12.5 Å². The first-order chi connectivity index (χ1) is 14.4. The normalized spacial score (nSPS) is 14.9. The second-order valence-electron chi connectivity index (χ2n) is 5.97. The lowest BCUT2D eigenvalue weighted by Crippen LogP contribution is -2.27. The van der Waals surface area contributed by atoms with Crippen LogP contribution in [0.5, 0.6) is 11.5 Å². The fraction of sp³-hybridized carbons (Fsp3) is 0.190. The number of nitrogens with zero attached hydrogens (tertiary/aromatic N) is 1. The fourth-order valence-corrected chi connectivity index (χ4v) is 4.41. The van der Waals surface area contributed by atoms with Gasteiger partial charge < -0.3 is 14.2 Å². The van der Waals surface area contributed by atoms with Gasteiger partial charge in [0.2, 0.25) is 0 Å². The van der Waals surface area contributed by atoms with Gasteiger partial charge in [0.05, 0.1) is 24.3 Å². The fourth-order valence-electron chi connectivity index (χ4n) is 2.68. The van der Waals surface area contributed by atoms with Gasteiger partial charge in [-0.3, -0.25) is 9.69 Å². The topological polar surface area (TPSA) is 65.1 Å². The molecule has 2 aromatic rings. The van der Waals surface area contributed by atoms with Crippen LogP contribution in [0.4, 0.5) is 5.69 Å². The maximum atomic E-state index is 12.9. The van der Waals surface area contributed by atoms with Gasteiger partial charge in [0.25, 0.3) is 5.91 Å². The number of rotatable bonds is 7. The number of thioether (sulfide) groups is 1. The summed E-state index contributed by atoms with van der Waals surface area (Å²) in [5.41, 5.74) is 1.44. The average Bonchev–Trinajstić information content (AvgIpc) is 3.01. The number of carbonyl (C=O) groups excluding carboxylic acids is 2. The Morgan fingerprint density at radius 2 is 1.97 bits per heavy atom. The Balaban J connectivity index is 1.85. The number of hydrogen-bond acceptors (Lipinski definition) is 7. The molecule has 1 heterocycles. The van der Waals surface area contributed by atoms with Crippen molar-refractivity contribution in [1.29, 1.82) is 0 Å². The molecule has 0 atom stereocenters. The highest BCUT2D eigenvalue weighted by Gasteiger charge is 2.33. The van der Waals surface area contributed by atoms with Crippen molar-refractivity contribution < 1.29 is 23.8 Å². The first kappa shape index (κ1) is 22.3. The molecular formula is C21H18BrNO5S2. The van der Waals surface area contributed by atoms with E-state index in [4.69, 9.17) is 26.4 Å². The van der Waals surface area contributed by atoms with Gasteiger partial charge in [0, 0.05) is 4.47 Å². The van der Waals surface area contributed by atoms with Crippen LogP contribution in [0.3, 0.4) is 0 Å². The quantitative estimate of drug-likeness (QED) is 0.302. The number of thiocarbonyl (C=S) groups is 1. The standard InChI is InChI=1S/C21H18BrNO5S2/c1-3-27-19(24)12-28-17-11-15(22)13(9-16(17)26-2)10-18-20(25)23(21(29)30-18)14-7-5-4-6-8-14/h4-11H,3,12H2,1-2H3/b18-10+. The maximum absolute atomic E-state index is 12.9. The minimum Gasteiger partial charge on any atom is -0.493 e. The van der Waals surface area contributed by atoms with Crippen molar-refractivity contribution >= 4 is 67.9 Å². The molecule has 3 rings (SSSR count). The van der Waals surface area contributed by atoms with E-state index in [1.807, 2.05) is 30.3 Å². The summed E-state index contributed by atoms with van der Waals surface area (Å²) in [5, 5.41) is 0. The summed E-state index contributed by atoms with van der Waals surface area (Å²) in [7, 11) is 1.50. The van der Waals surface area contributed by atoms with Gasteiger partial charge in [-0.25, -0.2) is 4.79 Å². The molecule has 156 valence electrons. The van der Waals surface area contributed by atoms with Gasteiger partial charge in [0.15, 0.2) is 22.4 Å². The van der Waals surface area contributed by atoms with Crippen molar-refractivity contribution in [3.05, 3.63) is 57.4 Å². The Kier molecular flexibility index (Phi) is 7.52. The number of anilines is 1. The Labute approximate surface area is 192 Å². The van der Waals surface area contributed by atoms with Crippen LogP contribution in [0.25, 0.3) is 6.08 Å². The van der Waals surface area contributed by atoms with Crippen LogP contribution in [-0.4, -0.2) is 36.5 Å². The third kappa shape index (κ3) is 5.03. The van der Waals surface area contributed by atoms with Crippen molar-refractivity contribution in [1.82, 2.24) is 0 Å². The molecular weight excluding hydrogens is 490 g/mol. The summed E-state index contributed by atoms with van der Waals surface area (Å²) in [6.45, 7) is 1.78. The Morgan fingerprint density at radius 3 is 2.63 bits per heavy atom. The number of ether oxygens (including phenoxy) is 3. The summed E-state index contributed by atoms with van der Waals surface area (Å²) >= 11 is 10.1.